The van der Waals surface area contributed by atoms with Gasteiger partial charge in [-0.15, -0.1) is 0 Å². The molecule has 0 spiro atoms. The molecule has 1 aliphatic rings. The third-order valence-corrected chi connectivity index (χ3v) is 6.26. The largest absolute Gasteiger partial charge is 0.245 e. The summed E-state index contributed by atoms with van der Waals surface area (Å²) in [7, 11) is -3.68. The van der Waals surface area contributed by atoms with Gasteiger partial charge in [-0.3, -0.25) is 0 Å². The minimum Gasteiger partial charge on any atom is -0.207 e. The van der Waals surface area contributed by atoms with E-state index in [2.05, 4.69) is 0 Å². The number of nitrogens with zero attached hydrogens (tertiary/aromatic N) is 1. The molecule has 1 aromatic rings. The number of hydrogen-bond donors (Lipinski definition) is 0. The fourth-order valence-corrected chi connectivity index (χ4v) is 4.32. The molecule has 0 saturated carbocycles. The second kappa shape index (κ2) is 5.59. The second-order valence-corrected chi connectivity index (χ2v) is 7.31. The van der Waals surface area contributed by atoms with Gasteiger partial charge in [-0.2, -0.15) is 16.1 Å². The first kappa shape index (κ1) is 13.8. The Bertz CT molecular complexity index is 511. The van der Waals surface area contributed by atoms with Crippen molar-refractivity contribution >= 4 is 21.8 Å². The molecule has 1 fully saturated rings. The van der Waals surface area contributed by atoms with Gasteiger partial charge in [0.05, 0.1) is 0 Å². The van der Waals surface area contributed by atoms with Gasteiger partial charge in [-0.25, -0.2) is 12.8 Å². The van der Waals surface area contributed by atoms with Crippen LogP contribution >= 0.6 is 11.8 Å². The first-order valence-electron chi connectivity index (χ1n) is 5.83. The normalized spacial score (nSPS) is 19.0. The van der Waals surface area contributed by atoms with Gasteiger partial charge in [0.1, 0.15) is 10.7 Å². The molecule has 2 rings (SSSR count). The minimum atomic E-state index is -3.68. The average Bonchev–Trinajstić information content (AvgIpc) is 2.39. The standard InChI is InChI=1S/C12H16FNO2S2/c1-17-10-6-8-14(9-7-10)18(15,16)12-5-3-2-4-11(12)13/h2-5,10H,6-9H2,1H3. The highest BCUT2D eigenvalue weighted by atomic mass is 32.2. The highest BCUT2D eigenvalue weighted by Crippen LogP contribution is 2.26. The lowest BCUT2D eigenvalue weighted by molar-refractivity contribution is 0.351. The highest BCUT2D eigenvalue weighted by Gasteiger charge is 2.30. The van der Waals surface area contributed by atoms with Crippen LogP contribution in [-0.4, -0.2) is 37.3 Å². The highest BCUT2D eigenvalue weighted by molar-refractivity contribution is 7.99. The molecule has 0 aliphatic carbocycles. The van der Waals surface area contributed by atoms with Crippen LogP contribution in [0.25, 0.3) is 0 Å². The summed E-state index contributed by atoms with van der Waals surface area (Å²) < 4.78 is 39.5. The van der Waals surface area contributed by atoms with Crippen LogP contribution in [-0.2, 0) is 10.0 Å². The Labute approximate surface area is 111 Å². The zero-order valence-electron chi connectivity index (χ0n) is 10.2. The molecule has 0 unspecified atom stereocenters. The summed E-state index contributed by atoms with van der Waals surface area (Å²) >= 11 is 1.76. The van der Waals surface area contributed by atoms with E-state index in [9.17, 15) is 12.8 Å². The molecule has 0 N–H and O–H groups in total. The molecule has 1 aromatic carbocycles. The molecule has 3 nitrogen and oxygen atoms in total. The summed E-state index contributed by atoms with van der Waals surface area (Å²) in [6, 6.07) is 5.55. The fraction of sp³-hybridized carbons (Fsp3) is 0.500. The number of halogens is 1. The zero-order valence-corrected chi connectivity index (χ0v) is 11.8. The third-order valence-electron chi connectivity index (χ3n) is 3.19. The molecular formula is C12H16FNO2S2. The molecule has 0 radical (unpaired) electrons. The fourth-order valence-electron chi connectivity index (χ4n) is 2.10. The van der Waals surface area contributed by atoms with Gasteiger partial charge in [-0.05, 0) is 31.2 Å². The number of benzene rings is 1. The van der Waals surface area contributed by atoms with Crippen LogP contribution in [0.15, 0.2) is 29.2 Å². The maximum atomic E-state index is 13.6. The van der Waals surface area contributed by atoms with Crippen LogP contribution in [0.3, 0.4) is 0 Å². The summed E-state index contributed by atoms with van der Waals surface area (Å²) in [5.41, 5.74) is 0. The minimum absolute atomic E-state index is 0.215. The van der Waals surface area contributed by atoms with Crippen molar-refractivity contribution in [3.63, 3.8) is 0 Å². The molecule has 6 heteroatoms. The van der Waals surface area contributed by atoms with Gasteiger partial charge >= 0.3 is 0 Å². The topological polar surface area (TPSA) is 37.4 Å². The summed E-state index contributed by atoms with van der Waals surface area (Å²) in [6.45, 7) is 0.949. The molecule has 1 saturated heterocycles. The van der Waals surface area contributed by atoms with Crippen molar-refractivity contribution < 1.29 is 12.8 Å². The van der Waals surface area contributed by atoms with Gasteiger partial charge in [0, 0.05) is 18.3 Å². The Hall–Kier alpha value is -0.590. The van der Waals surface area contributed by atoms with Crippen LogP contribution in [0, 0.1) is 5.82 Å². The van der Waals surface area contributed by atoms with Gasteiger partial charge in [0.25, 0.3) is 0 Å². The van der Waals surface area contributed by atoms with E-state index in [4.69, 9.17) is 0 Å². The molecule has 0 atom stereocenters. The predicted molar refractivity (Wildman–Crippen MR) is 71.7 cm³/mol. The molecule has 0 amide bonds. The summed E-state index contributed by atoms with van der Waals surface area (Å²) in [6.07, 6.45) is 3.69. The number of hydrogen-bond acceptors (Lipinski definition) is 3. The Morgan fingerprint density at radius 2 is 1.89 bits per heavy atom. The van der Waals surface area contributed by atoms with Crippen LogP contribution in [0.4, 0.5) is 4.39 Å². The second-order valence-electron chi connectivity index (χ2n) is 4.27. The van der Waals surface area contributed by atoms with Crippen molar-refractivity contribution in [2.45, 2.75) is 23.0 Å². The number of thioether (sulfide) groups is 1. The summed E-state index contributed by atoms with van der Waals surface area (Å²) in [5, 5.41) is 0.511. The summed E-state index contributed by atoms with van der Waals surface area (Å²) in [4.78, 5) is -0.215. The Kier molecular flexibility index (Phi) is 4.29. The van der Waals surface area contributed by atoms with Gasteiger partial charge in [0.2, 0.25) is 10.0 Å². The van der Waals surface area contributed by atoms with E-state index in [1.54, 1.807) is 17.8 Å². The van der Waals surface area contributed by atoms with Crippen LogP contribution in [0.1, 0.15) is 12.8 Å². The molecule has 1 heterocycles. The van der Waals surface area contributed by atoms with E-state index in [0.29, 0.717) is 18.3 Å². The first-order chi connectivity index (χ1) is 8.55. The molecule has 0 bridgehead atoms. The maximum absolute atomic E-state index is 13.6. The van der Waals surface area contributed by atoms with E-state index in [1.807, 2.05) is 6.26 Å². The van der Waals surface area contributed by atoms with E-state index in [0.717, 1.165) is 12.8 Å². The predicted octanol–water partition coefficient (Wildman–Crippen LogP) is 2.34. The maximum Gasteiger partial charge on any atom is 0.245 e. The van der Waals surface area contributed by atoms with E-state index >= 15 is 0 Å². The Morgan fingerprint density at radius 3 is 2.44 bits per heavy atom. The third kappa shape index (κ3) is 2.70. The molecule has 0 aromatic heterocycles. The smallest absolute Gasteiger partial charge is 0.207 e. The van der Waals surface area contributed by atoms with Crippen LogP contribution < -0.4 is 0 Å². The van der Waals surface area contributed by atoms with E-state index in [1.165, 1.54) is 22.5 Å². The first-order valence-corrected chi connectivity index (χ1v) is 8.56. The van der Waals surface area contributed by atoms with Crippen molar-refractivity contribution in [2.75, 3.05) is 19.3 Å². The van der Waals surface area contributed by atoms with Gasteiger partial charge < -0.3 is 0 Å². The number of sulfonamides is 1. The SMILES string of the molecule is CSC1CCN(S(=O)(=O)c2ccccc2F)CC1. The molecular weight excluding hydrogens is 273 g/mol. The monoisotopic (exact) mass is 289 g/mol. The van der Waals surface area contributed by atoms with E-state index < -0.39 is 15.8 Å². The van der Waals surface area contributed by atoms with Crippen molar-refractivity contribution in [3.8, 4) is 0 Å². The van der Waals surface area contributed by atoms with Gasteiger partial charge in [-0.1, -0.05) is 12.1 Å². The lowest BCUT2D eigenvalue weighted by atomic mass is 10.2. The number of rotatable bonds is 3. The molecule has 100 valence electrons. The zero-order chi connectivity index (χ0) is 13.2. The van der Waals surface area contributed by atoms with Crippen LogP contribution in [0.5, 0.6) is 0 Å². The van der Waals surface area contributed by atoms with Crippen LogP contribution in [0.2, 0.25) is 0 Å². The Balaban J connectivity index is 2.20. The molecule has 18 heavy (non-hydrogen) atoms. The number of piperidine rings is 1. The van der Waals surface area contributed by atoms with Crippen molar-refractivity contribution in [2.24, 2.45) is 0 Å². The van der Waals surface area contributed by atoms with Gasteiger partial charge in [0.15, 0.2) is 0 Å². The lowest BCUT2D eigenvalue weighted by Crippen LogP contribution is -2.39. The van der Waals surface area contributed by atoms with Crippen molar-refractivity contribution in [1.29, 1.82) is 0 Å². The van der Waals surface area contributed by atoms with Crippen molar-refractivity contribution in [3.05, 3.63) is 30.1 Å². The molecule has 1 aliphatic heterocycles. The average molecular weight is 289 g/mol. The van der Waals surface area contributed by atoms with E-state index in [-0.39, 0.29) is 4.90 Å². The lowest BCUT2D eigenvalue weighted by Gasteiger charge is -2.30. The van der Waals surface area contributed by atoms with Crippen molar-refractivity contribution in [1.82, 2.24) is 4.31 Å². The summed E-state index contributed by atoms with van der Waals surface area (Å²) in [5.74, 6) is -0.676. The Morgan fingerprint density at radius 1 is 1.28 bits per heavy atom. The quantitative estimate of drug-likeness (QED) is 0.857.